The minimum Gasteiger partial charge on any atom is -0.463 e. The van der Waals surface area contributed by atoms with Gasteiger partial charge >= 0.3 is 25.7 Å². The van der Waals surface area contributed by atoms with Crippen LogP contribution in [0.3, 0.4) is 0 Å². The molecule has 0 aromatic rings. The van der Waals surface area contributed by atoms with Crippen molar-refractivity contribution in [2.24, 2.45) is 5.92 Å². The van der Waals surface area contributed by atoms with Crippen LogP contribution < -0.4 is 0 Å². The van der Waals surface area contributed by atoms with Gasteiger partial charge in [0.1, 0.15) is 98.7 Å². The number of rotatable bonds is 59. The van der Waals surface area contributed by atoms with Gasteiger partial charge in [-0.15, -0.1) is 0 Å². The standard InChI is InChI=1S/C72H135O24P/c1-5-8-11-14-17-19-21-23-25-27-29-35-41-46-57(75)89-51-55-60(78)62(80)67(85)72(93-55)95-69-65(83)63(81)64(82)68(94-71-66(84)61(79)59(77)54(48-73)92-71)70(69)96-97(86,87)90-50-53(91-58(76)47-42-37-30-28-26-24-22-20-18-15-12-9-6-2)49-88-56(74)45-40-36-32-31-34-39-44-52(4)43-38-33-16-13-10-7-3/h52-55,59-73,77-85H,5-51H2,1-4H3,(H,86,87)/t52-,53-,54-,55-,59-,60-,61+,62+,63+,64+,65-,66+,67+,68-,69-,70+,71-,72-/m1/s1. The van der Waals surface area contributed by atoms with E-state index < -0.39 is 156 Å². The fourth-order valence-corrected chi connectivity index (χ4v) is 13.9. The molecule has 3 rings (SSSR count). The van der Waals surface area contributed by atoms with Gasteiger partial charge < -0.3 is 89.1 Å². The highest BCUT2D eigenvalue weighted by molar-refractivity contribution is 7.47. The van der Waals surface area contributed by atoms with Crippen molar-refractivity contribution >= 4 is 25.7 Å². The average Bonchev–Trinajstić information content (AvgIpc) is 0.763. The first kappa shape index (κ1) is 89.2. The molecule has 1 aliphatic carbocycles. The minimum atomic E-state index is -5.69. The maximum absolute atomic E-state index is 14.3. The second kappa shape index (κ2) is 53.7. The molecule has 3 aliphatic rings. The van der Waals surface area contributed by atoms with E-state index in [1.807, 2.05) is 0 Å². The molecule has 24 nitrogen and oxygen atoms in total. The summed E-state index contributed by atoms with van der Waals surface area (Å²) in [6, 6.07) is 0. The molecule has 0 aromatic carbocycles. The average molecular weight is 1420 g/mol. The molecule has 572 valence electrons. The Morgan fingerprint density at radius 1 is 0.392 bits per heavy atom. The molecule has 2 saturated heterocycles. The van der Waals surface area contributed by atoms with Crippen molar-refractivity contribution in [3.8, 4) is 0 Å². The first-order valence-corrected chi connectivity index (χ1v) is 39.7. The molecule has 2 heterocycles. The minimum absolute atomic E-state index is 0.0331. The lowest BCUT2D eigenvalue weighted by Gasteiger charge is -2.49. The molecule has 11 N–H and O–H groups in total. The summed E-state index contributed by atoms with van der Waals surface area (Å²) >= 11 is 0. The zero-order valence-electron chi connectivity index (χ0n) is 59.8. The van der Waals surface area contributed by atoms with E-state index in [9.17, 15) is 74.9 Å². The van der Waals surface area contributed by atoms with E-state index in [2.05, 4.69) is 27.7 Å². The van der Waals surface area contributed by atoms with Crippen LogP contribution in [0.5, 0.6) is 0 Å². The quantitative estimate of drug-likeness (QED) is 0.0117. The van der Waals surface area contributed by atoms with Crippen LogP contribution in [0.4, 0.5) is 0 Å². The second-order valence-electron chi connectivity index (χ2n) is 28.0. The van der Waals surface area contributed by atoms with E-state index in [1.54, 1.807) is 0 Å². The summed E-state index contributed by atoms with van der Waals surface area (Å²) in [7, 11) is -5.69. The smallest absolute Gasteiger partial charge is 0.463 e. The van der Waals surface area contributed by atoms with Gasteiger partial charge in [0.25, 0.3) is 0 Å². The number of aliphatic hydroxyl groups is 10. The van der Waals surface area contributed by atoms with Gasteiger partial charge in [-0.3, -0.25) is 23.4 Å². The van der Waals surface area contributed by atoms with E-state index >= 15 is 0 Å². The molecule has 0 radical (unpaired) electrons. The lowest BCUT2D eigenvalue weighted by Crippen LogP contribution is -2.69. The van der Waals surface area contributed by atoms with Crippen molar-refractivity contribution in [3.63, 3.8) is 0 Å². The van der Waals surface area contributed by atoms with E-state index in [4.69, 9.17) is 42.2 Å². The first-order chi connectivity index (χ1) is 46.7. The Balaban J connectivity index is 1.74. The predicted molar refractivity (Wildman–Crippen MR) is 365 cm³/mol. The van der Waals surface area contributed by atoms with Crippen LogP contribution in [0.15, 0.2) is 0 Å². The maximum Gasteiger partial charge on any atom is 0.472 e. The highest BCUT2D eigenvalue weighted by Gasteiger charge is 2.58. The van der Waals surface area contributed by atoms with E-state index in [-0.39, 0.29) is 19.3 Å². The van der Waals surface area contributed by atoms with E-state index in [1.165, 1.54) is 141 Å². The molecule has 1 saturated carbocycles. The van der Waals surface area contributed by atoms with Crippen molar-refractivity contribution in [2.45, 2.75) is 408 Å². The highest BCUT2D eigenvalue weighted by atomic mass is 31.2. The van der Waals surface area contributed by atoms with Crippen molar-refractivity contribution in [1.82, 2.24) is 0 Å². The van der Waals surface area contributed by atoms with Crippen LogP contribution in [0.25, 0.3) is 0 Å². The number of carbonyl (C=O) groups excluding carboxylic acids is 3. The molecule has 0 bridgehead atoms. The number of ether oxygens (including phenoxy) is 7. The number of carbonyl (C=O) groups is 3. The van der Waals surface area contributed by atoms with Gasteiger partial charge in [0, 0.05) is 19.3 Å². The predicted octanol–water partition coefficient (Wildman–Crippen LogP) is 10.4. The van der Waals surface area contributed by atoms with Gasteiger partial charge in [-0.05, 0) is 25.2 Å². The summed E-state index contributed by atoms with van der Waals surface area (Å²) in [6.45, 7) is 5.79. The Morgan fingerprint density at radius 2 is 0.722 bits per heavy atom. The highest BCUT2D eigenvalue weighted by Crippen LogP contribution is 2.49. The van der Waals surface area contributed by atoms with Crippen LogP contribution in [0.2, 0.25) is 0 Å². The molecule has 0 spiro atoms. The summed E-state index contributed by atoms with van der Waals surface area (Å²) in [5, 5.41) is 110. The van der Waals surface area contributed by atoms with Crippen molar-refractivity contribution in [1.29, 1.82) is 0 Å². The largest absolute Gasteiger partial charge is 0.472 e. The molecule has 3 fully saturated rings. The van der Waals surface area contributed by atoms with Crippen molar-refractivity contribution in [3.05, 3.63) is 0 Å². The number of hydrogen-bond donors (Lipinski definition) is 11. The fourth-order valence-electron chi connectivity index (χ4n) is 12.9. The third-order valence-electron chi connectivity index (χ3n) is 19.3. The van der Waals surface area contributed by atoms with Crippen molar-refractivity contribution < 1.29 is 117 Å². The van der Waals surface area contributed by atoms with Gasteiger partial charge in [0.2, 0.25) is 0 Å². The monoisotopic (exact) mass is 1410 g/mol. The summed E-state index contributed by atoms with van der Waals surface area (Å²) in [5.41, 5.74) is 0. The summed E-state index contributed by atoms with van der Waals surface area (Å²) in [5.74, 6) is -1.28. The van der Waals surface area contributed by atoms with Gasteiger partial charge in [0.05, 0.1) is 13.2 Å². The summed E-state index contributed by atoms with van der Waals surface area (Å²) < 4.78 is 65.1. The lowest BCUT2D eigenvalue weighted by atomic mass is 9.84. The number of phosphoric acid groups is 1. The number of aliphatic hydroxyl groups excluding tert-OH is 10. The third-order valence-corrected chi connectivity index (χ3v) is 20.3. The topological polar surface area (TPSA) is 374 Å². The molecule has 0 amide bonds. The van der Waals surface area contributed by atoms with Gasteiger partial charge in [0.15, 0.2) is 18.7 Å². The number of unbranched alkanes of at least 4 members (excludes halogenated alkanes) is 34. The fraction of sp³-hybridized carbons (Fsp3) is 0.958. The third kappa shape index (κ3) is 37.3. The number of hydrogen-bond acceptors (Lipinski definition) is 23. The summed E-state index contributed by atoms with van der Waals surface area (Å²) in [6.07, 6.45) is 8.88. The molecule has 97 heavy (non-hydrogen) atoms. The SMILES string of the molecule is CCCCCCCCCCCCCCCC(=O)OC[C@H]1O[C@H](O[C@@H]2[C@H](O)[C@@H](O)[C@H](O)[C@@H](O[C@H]3O[C@H](CO)[C@@H](O)[C@H](O)[C@@H]3O)[C@@H]2OP(=O)(O)OC[C@@H](COC(=O)CCCCCCCC[C@H](C)CCCCCCCC)OC(=O)CCCCCCCCCCCCCCC)[C@@H](O)[C@@H](O)[C@@H]1O. The van der Waals surface area contributed by atoms with Gasteiger partial charge in [-0.2, -0.15) is 0 Å². The molecule has 25 heteroatoms. The normalized spacial score (nSPS) is 28.1. The number of phosphoric ester groups is 1. The molecule has 0 aromatic heterocycles. The van der Waals surface area contributed by atoms with Crippen LogP contribution >= 0.6 is 7.82 Å². The molecule has 2 aliphatic heterocycles. The van der Waals surface area contributed by atoms with Crippen molar-refractivity contribution in [2.75, 3.05) is 26.4 Å². The molecule has 1 unspecified atom stereocenters. The lowest BCUT2D eigenvalue weighted by molar-refractivity contribution is -0.360. The van der Waals surface area contributed by atoms with Gasteiger partial charge in [-0.1, -0.05) is 265 Å². The van der Waals surface area contributed by atoms with E-state index in [0.717, 1.165) is 96.3 Å². The molecule has 19 atom stereocenters. The zero-order valence-corrected chi connectivity index (χ0v) is 60.7. The van der Waals surface area contributed by atoms with Crippen LogP contribution in [0.1, 0.15) is 304 Å². The Hall–Kier alpha value is -2.04. The Kier molecular flexibility index (Phi) is 49.4. The second-order valence-corrected chi connectivity index (χ2v) is 29.4. The summed E-state index contributed by atoms with van der Waals surface area (Å²) in [4.78, 5) is 51.0. The van der Waals surface area contributed by atoms with Crippen LogP contribution in [0, 0.1) is 5.92 Å². The van der Waals surface area contributed by atoms with E-state index in [0.29, 0.717) is 25.2 Å². The van der Waals surface area contributed by atoms with Crippen LogP contribution in [-0.2, 0) is 61.2 Å². The Labute approximate surface area is 580 Å². The maximum atomic E-state index is 14.3. The molecular weight excluding hydrogens is 1280 g/mol. The Morgan fingerprint density at radius 3 is 1.11 bits per heavy atom. The van der Waals surface area contributed by atoms with Crippen LogP contribution in [-0.4, -0.2) is 204 Å². The zero-order chi connectivity index (χ0) is 71.2. The first-order valence-electron chi connectivity index (χ1n) is 38.2. The van der Waals surface area contributed by atoms with Gasteiger partial charge in [-0.25, -0.2) is 4.57 Å². The number of esters is 3. The molecular formula is C72H135O24P. The Bertz CT molecular complexity index is 2030.